The lowest BCUT2D eigenvalue weighted by atomic mass is 10.1. The van der Waals surface area contributed by atoms with Crippen LogP contribution in [0.2, 0.25) is 0 Å². The first kappa shape index (κ1) is 8.74. The number of nitrogens with zero attached hydrogens (tertiary/aromatic N) is 2. The molecule has 0 unspecified atom stereocenters. The van der Waals surface area contributed by atoms with Crippen molar-refractivity contribution in [3.8, 4) is 5.75 Å². The zero-order chi connectivity index (χ0) is 10.1. The maximum atomic E-state index is 5.79. The second-order valence-corrected chi connectivity index (χ2v) is 3.07. The highest BCUT2D eigenvalue weighted by molar-refractivity contribution is 5.86. The highest BCUT2D eigenvalue weighted by Gasteiger charge is 2.05. The van der Waals surface area contributed by atoms with Crippen molar-refractivity contribution in [2.24, 2.45) is 0 Å². The summed E-state index contributed by atoms with van der Waals surface area (Å²) < 4.78 is 5.11. The van der Waals surface area contributed by atoms with E-state index in [1.165, 1.54) is 6.33 Å². The van der Waals surface area contributed by atoms with Gasteiger partial charge in [0, 0.05) is 17.1 Å². The number of aromatic nitrogens is 2. The van der Waals surface area contributed by atoms with Crippen molar-refractivity contribution in [2.45, 2.75) is 6.92 Å². The Morgan fingerprint density at radius 2 is 2.07 bits per heavy atom. The van der Waals surface area contributed by atoms with Gasteiger partial charge in [0.05, 0.1) is 18.3 Å². The Balaban J connectivity index is 2.79. The lowest BCUT2D eigenvalue weighted by Crippen LogP contribution is -1.95. The molecule has 0 aliphatic heterocycles. The van der Waals surface area contributed by atoms with Gasteiger partial charge >= 0.3 is 0 Å². The van der Waals surface area contributed by atoms with Crippen molar-refractivity contribution in [2.75, 3.05) is 12.8 Å². The van der Waals surface area contributed by atoms with Gasteiger partial charge in [0.1, 0.15) is 12.1 Å². The quantitative estimate of drug-likeness (QED) is 0.691. The molecule has 0 fully saturated rings. The lowest BCUT2D eigenvalue weighted by Gasteiger charge is -2.06. The molecule has 0 spiro atoms. The minimum atomic E-state index is 0.609. The average Bonchev–Trinajstić information content (AvgIpc) is 2.19. The second-order valence-electron chi connectivity index (χ2n) is 3.07. The smallest absolute Gasteiger partial charge is 0.143 e. The van der Waals surface area contributed by atoms with E-state index in [2.05, 4.69) is 9.97 Å². The van der Waals surface area contributed by atoms with Crippen molar-refractivity contribution in [1.29, 1.82) is 0 Å². The van der Waals surface area contributed by atoms with Gasteiger partial charge in [-0.25, -0.2) is 9.97 Å². The predicted molar refractivity (Wildman–Crippen MR) is 55.2 cm³/mol. The van der Waals surface area contributed by atoms with Crippen LogP contribution < -0.4 is 10.5 Å². The standard InChI is InChI=1S/C10H11N3O/c1-6-7-3-8(11)10(14-2)4-9(7)13-5-12-6/h3-5H,11H2,1-2H3. The number of fused-ring (bicyclic) bond motifs is 1. The zero-order valence-electron chi connectivity index (χ0n) is 8.11. The van der Waals surface area contributed by atoms with Gasteiger partial charge in [0.25, 0.3) is 0 Å². The molecule has 4 heteroatoms. The molecule has 1 aromatic carbocycles. The topological polar surface area (TPSA) is 61.0 Å². The van der Waals surface area contributed by atoms with Crippen LogP contribution in [-0.4, -0.2) is 17.1 Å². The molecule has 0 aliphatic carbocycles. The summed E-state index contributed by atoms with van der Waals surface area (Å²) in [6, 6.07) is 3.66. The van der Waals surface area contributed by atoms with E-state index in [0.29, 0.717) is 11.4 Å². The summed E-state index contributed by atoms with van der Waals surface area (Å²) in [5, 5.41) is 0.964. The van der Waals surface area contributed by atoms with E-state index in [1.54, 1.807) is 7.11 Å². The van der Waals surface area contributed by atoms with Gasteiger partial charge in [-0.15, -0.1) is 0 Å². The zero-order valence-corrected chi connectivity index (χ0v) is 8.11. The molecule has 0 radical (unpaired) electrons. The van der Waals surface area contributed by atoms with Crippen molar-refractivity contribution in [1.82, 2.24) is 9.97 Å². The Labute approximate surface area is 81.7 Å². The van der Waals surface area contributed by atoms with Crippen LogP contribution in [0.25, 0.3) is 10.9 Å². The fourth-order valence-corrected chi connectivity index (χ4v) is 1.41. The summed E-state index contributed by atoms with van der Waals surface area (Å²) in [6.45, 7) is 1.93. The van der Waals surface area contributed by atoms with Crippen LogP contribution in [0.5, 0.6) is 5.75 Å². The summed E-state index contributed by atoms with van der Waals surface area (Å²) >= 11 is 0. The van der Waals surface area contributed by atoms with E-state index in [0.717, 1.165) is 16.6 Å². The molecule has 0 amide bonds. The largest absolute Gasteiger partial charge is 0.495 e. The van der Waals surface area contributed by atoms with Crippen LogP contribution in [0.1, 0.15) is 5.69 Å². The molecule has 2 rings (SSSR count). The Morgan fingerprint density at radius 1 is 1.29 bits per heavy atom. The van der Waals surface area contributed by atoms with E-state index in [9.17, 15) is 0 Å². The van der Waals surface area contributed by atoms with Gasteiger partial charge in [0.2, 0.25) is 0 Å². The molecule has 0 saturated carbocycles. The predicted octanol–water partition coefficient (Wildman–Crippen LogP) is 1.53. The van der Waals surface area contributed by atoms with Crippen LogP contribution in [-0.2, 0) is 0 Å². The van der Waals surface area contributed by atoms with Crippen molar-refractivity contribution in [3.63, 3.8) is 0 Å². The third-order valence-corrected chi connectivity index (χ3v) is 2.19. The molecule has 72 valence electrons. The van der Waals surface area contributed by atoms with Crippen LogP contribution in [0.3, 0.4) is 0 Å². The summed E-state index contributed by atoms with van der Waals surface area (Å²) in [5.74, 6) is 0.649. The van der Waals surface area contributed by atoms with E-state index >= 15 is 0 Å². The Bertz CT molecular complexity index is 482. The van der Waals surface area contributed by atoms with Crippen molar-refractivity contribution in [3.05, 3.63) is 24.2 Å². The van der Waals surface area contributed by atoms with Crippen molar-refractivity contribution < 1.29 is 4.74 Å². The molecule has 1 aromatic heterocycles. The molecular formula is C10H11N3O. The van der Waals surface area contributed by atoms with Gasteiger partial charge in [-0.3, -0.25) is 0 Å². The lowest BCUT2D eigenvalue weighted by molar-refractivity contribution is 0.417. The first-order chi connectivity index (χ1) is 6.72. The average molecular weight is 189 g/mol. The van der Waals surface area contributed by atoms with Gasteiger partial charge in [-0.1, -0.05) is 0 Å². The number of rotatable bonds is 1. The highest BCUT2D eigenvalue weighted by Crippen LogP contribution is 2.27. The maximum Gasteiger partial charge on any atom is 0.143 e. The Kier molecular flexibility index (Phi) is 1.96. The van der Waals surface area contributed by atoms with E-state index in [1.807, 2.05) is 19.1 Å². The monoisotopic (exact) mass is 189 g/mol. The highest BCUT2D eigenvalue weighted by atomic mass is 16.5. The molecule has 0 bridgehead atoms. The minimum Gasteiger partial charge on any atom is -0.495 e. The van der Waals surface area contributed by atoms with Gasteiger partial charge in [0.15, 0.2) is 0 Å². The number of anilines is 1. The molecule has 0 saturated heterocycles. The fraction of sp³-hybridized carbons (Fsp3) is 0.200. The molecular weight excluding hydrogens is 178 g/mol. The number of hydrogen-bond acceptors (Lipinski definition) is 4. The van der Waals surface area contributed by atoms with Crippen LogP contribution in [0.4, 0.5) is 5.69 Å². The van der Waals surface area contributed by atoms with Gasteiger partial charge in [-0.2, -0.15) is 0 Å². The van der Waals surface area contributed by atoms with E-state index in [-0.39, 0.29) is 0 Å². The van der Waals surface area contributed by atoms with Gasteiger partial charge in [-0.05, 0) is 13.0 Å². The summed E-state index contributed by atoms with van der Waals surface area (Å²) in [7, 11) is 1.59. The summed E-state index contributed by atoms with van der Waals surface area (Å²) in [5.41, 5.74) is 8.17. The van der Waals surface area contributed by atoms with Crippen molar-refractivity contribution >= 4 is 16.6 Å². The molecule has 0 aliphatic rings. The van der Waals surface area contributed by atoms with Crippen LogP contribution in [0.15, 0.2) is 18.5 Å². The molecule has 0 atom stereocenters. The normalized spacial score (nSPS) is 10.4. The summed E-state index contributed by atoms with van der Waals surface area (Å²) in [6.07, 6.45) is 1.54. The summed E-state index contributed by atoms with van der Waals surface area (Å²) in [4.78, 5) is 8.24. The SMILES string of the molecule is COc1cc2ncnc(C)c2cc1N. The third kappa shape index (κ3) is 1.25. The Hall–Kier alpha value is -1.84. The number of hydrogen-bond donors (Lipinski definition) is 1. The number of nitrogens with two attached hydrogens (primary N) is 1. The number of nitrogen functional groups attached to an aromatic ring is 1. The number of ether oxygens (including phenoxy) is 1. The molecule has 2 N–H and O–H groups in total. The first-order valence-corrected chi connectivity index (χ1v) is 4.27. The van der Waals surface area contributed by atoms with Gasteiger partial charge < -0.3 is 10.5 Å². The number of aryl methyl sites for hydroxylation is 1. The molecule has 14 heavy (non-hydrogen) atoms. The first-order valence-electron chi connectivity index (χ1n) is 4.27. The minimum absolute atomic E-state index is 0.609. The molecule has 2 aromatic rings. The second kappa shape index (κ2) is 3.14. The molecule has 4 nitrogen and oxygen atoms in total. The Morgan fingerprint density at radius 3 is 2.79 bits per heavy atom. The van der Waals surface area contributed by atoms with E-state index < -0.39 is 0 Å². The fourth-order valence-electron chi connectivity index (χ4n) is 1.41. The maximum absolute atomic E-state index is 5.79. The molecule has 1 heterocycles. The van der Waals surface area contributed by atoms with Crippen LogP contribution >= 0.6 is 0 Å². The van der Waals surface area contributed by atoms with Crippen LogP contribution in [0, 0.1) is 6.92 Å². The number of methoxy groups -OCH3 is 1. The third-order valence-electron chi connectivity index (χ3n) is 2.19. The number of benzene rings is 1. The van der Waals surface area contributed by atoms with E-state index in [4.69, 9.17) is 10.5 Å².